The topological polar surface area (TPSA) is 126 Å². The maximum atomic E-state index is 11.1. The largest absolute Gasteiger partial charge is 0.338 e. The molecule has 3 aromatic rings. The summed E-state index contributed by atoms with van der Waals surface area (Å²) in [6.07, 6.45) is 0. The molecule has 2 aromatic carbocycles. The molecule has 0 atom stereocenters. The third kappa shape index (κ3) is 2.54. The van der Waals surface area contributed by atoms with Crippen LogP contribution in [0, 0.1) is 10.1 Å². The van der Waals surface area contributed by atoms with Gasteiger partial charge in [0.25, 0.3) is 15.8 Å². The predicted molar refractivity (Wildman–Crippen MR) is 78.0 cm³/mol. The van der Waals surface area contributed by atoms with Crippen molar-refractivity contribution in [2.45, 2.75) is 4.90 Å². The van der Waals surface area contributed by atoms with Crippen molar-refractivity contribution >= 4 is 26.8 Å². The number of rotatable bonds is 3. The average Bonchev–Trinajstić information content (AvgIpc) is 2.89. The number of imidazole rings is 1. The van der Waals surface area contributed by atoms with Gasteiger partial charge in [-0.15, -0.1) is 0 Å². The Labute approximate surface area is 124 Å². The second-order valence-corrected chi connectivity index (χ2v) is 5.96. The third-order valence-corrected chi connectivity index (χ3v) is 3.95. The standard InChI is InChI=1S/C13H9N3O5S/c17-16(18)9-3-1-8(2-4-9)13-14-11-6-5-10(22(19,20)21)7-12(11)15-13/h1-7H,(H,14,15)(H,19,20,21). The number of benzene rings is 2. The van der Waals surface area contributed by atoms with Crippen molar-refractivity contribution in [1.29, 1.82) is 0 Å². The first-order valence-electron chi connectivity index (χ1n) is 6.07. The van der Waals surface area contributed by atoms with E-state index in [0.29, 0.717) is 22.4 Å². The van der Waals surface area contributed by atoms with Gasteiger partial charge in [0.05, 0.1) is 20.9 Å². The molecule has 0 aliphatic heterocycles. The van der Waals surface area contributed by atoms with Crippen LogP contribution in [0.1, 0.15) is 0 Å². The monoisotopic (exact) mass is 319 g/mol. The van der Waals surface area contributed by atoms with Gasteiger partial charge < -0.3 is 4.98 Å². The molecule has 1 heterocycles. The lowest BCUT2D eigenvalue weighted by Crippen LogP contribution is -1.97. The lowest BCUT2D eigenvalue weighted by Gasteiger charge is -1.96. The van der Waals surface area contributed by atoms with Gasteiger partial charge in [0.1, 0.15) is 5.82 Å². The Morgan fingerprint density at radius 1 is 1.14 bits per heavy atom. The van der Waals surface area contributed by atoms with Gasteiger partial charge in [0.15, 0.2) is 0 Å². The minimum absolute atomic E-state index is 0.0338. The van der Waals surface area contributed by atoms with Crippen molar-refractivity contribution in [3.05, 3.63) is 52.6 Å². The molecule has 112 valence electrons. The quantitative estimate of drug-likeness (QED) is 0.433. The zero-order chi connectivity index (χ0) is 15.9. The number of nitrogens with zero attached hydrogens (tertiary/aromatic N) is 2. The molecular formula is C13H9N3O5S. The predicted octanol–water partition coefficient (Wildman–Crippen LogP) is 2.38. The van der Waals surface area contributed by atoms with Crippen molar-refractivity contribution in [1.82, 2.24) is 9.97 Å². The Hall–Kier alpha value is -2.78. The average molecular weight is 319 g/mol. The van der Waals surface area contributed by atoms with E-state index in [9.17, 15) is 18.5 Å². The van der Waals surface area contributed by atoms with Crippen molar-refractivity contribution in [2.24, 2.45) is 0 Å². The Bertz CT molecular complexity index is 977. The first-order valence-corrected chi connectivity index (χ1v) is 7.51. The minimum atomic E-state index is -4.29. The maximum Gasteiger partial charge on any atom is 0.294 e. The molecule has 0 bridgehead atoms. The summed E-state index contributed by atoms with van der Waals surface area (Å²) in [4.78, 5) is 17.1. The van der Waals surface area contributed by atoms with E-state index in [1.807, 2.05) is 0 Å². The Balaban J connectivity index is 2.06. The second-order valence-electron chi connectivity index (χ2n) is 4.54. The zero-order valence-corrected chi connectivity index (χ0v) is 11.7. The van der Waals surface area contributed by atoms with Crippen molar-refractivity contribution in [3.63, 3.8) is 0 Å². The van der Waals surface area contributed by atoms with E-state index in [4.69, 9.17) is 4.55 Å². The van der Waals surface area contributed by atoms with Gasteiger partial charge >= 0.3 is 0 Å². The summed E-state index contributed by atoms with van der Waals surface area (Å²) >= 11 is 0. The Kier molecular flexibility index (Phi) is 3.15. The molecule has 0 radical (unpaired) electrons. The van der Waals surface area contributed by atoms with Gasteiger partial charge in [0, 0.05) is 17.7 Å². The van der Waals surface area contributed by atoms with Crippen LogP contribution >= 0.6 is 0 Å². The Morgan fingerprint density at radius 2 is 1.82 bits per heavy atom. The molecule has 0 spiro atoms. The summed E-state index contributed by atoms with van der Waals surface area (Å²) in [6.45, 7) is 0. The molecule has 1 aromatic heterocycles. The lowest BCUT2D eigenvalue weighted by molar-refractivity contribution is -0.384. The van der Waals surface area contributed by atoms with Crippen LogP contribution < -0.4 is 0 Å². The number of fused-ring (bicyclic) bond motifs is 1. The number of aromatic amines is 1. The molecule has 0 unspecified atom stereocenters. The first-order chi connectivity index (χ1) is 10.3. The second kappa shape index (κ2) is 4.90. The van der Waals surface area contributed by atoms with Crippen molar-refractivity contribution in [2.75, 3.05) is 0 Å². The smallest absolute Gasteiger partial charge is 0.294 e. The van der Waals surface area contributed by atoms with Crippen LogP contribution in [0.25, 0.3) is 22.4 Å². The molecule has 8 nitrogen and oxygen atoms in total. The lowest BCUT2D eigenvalue weighted by atomic mass is 10.2. The molecule has 9 heteroatoms. The molecule has 0 aliphatic carbocycles. The van der Waals surface area contributed by atoms with E-state index in [1.165, 1.54) is 30.3 Å². The molecule has 0 fully saturated rings. The fourth-order valence-electron chi connectivity index (χ4n) is 2.03. The summed E-state index contributed by atoms with van der Waals surface area (Å²) in [5.74, 6) is 0.442. The molecule has 3 rings (SSSR count). The molecule has 0 saturated heterocycles. The van der Waals surface area contributed by atoms with Gasteiger partial charge in [-0.25, -0.2) is 4.98 Å². The highest BCUT2D eigenvalue weighted by atomic mass is 32.2. The van der Waals surface area contributed by atoms with E-state index < -0.39 is 15.0 Å². The molecular weight excluding hydrogens is 310 g/mol. The number of non-ortho nitro benzene ring substituents is 1. The molecule has 0 aliphatic rings. The summed E-state index contributed by atoms with van der Waals surface area (Å²) in [5, 5.41) is 10.6. The number of H-pyrrole nitrogens is 1. The number of nitrogens with one attached hydrogen (secondary N) is 1. The number of nitro benzene ring substituents is 1. The van der Waals surface area contributed by atoms with Crippen LogP contribution in [-0.2, 0) is 10.1 Å². The number of aromatic nitrogens is 2. The summed E-state index contributed by atoms with van der Waals surface area (Å²) in [6, 6.07) is 9.77. The van der Waals surface area contributed by atoms with Crippen LogP contribution in [0.4, 0.5) is 5.69 Å². The summed E-state index contributed by atoms with van der Waals surface area (Å²) < 4.78 is 31.3. The van der Waals surface area contributed by atoms with Gasteiger partial charge in [-0.3, -0.25) is 14.7 Å². The Morgan fingerprint density at radius 3 is 2.41 bits per heavy atom. The van der Waals surface area contributed by atoms with Gasteiger partial charge in [-0.2, -0.15) is 8.42 Å². The zero-order valence-electron chi connectivity index (χ0n) is 10.9. The molecule has 0 amide bonds. The molecule has 22 heavy (non-hydrogen) atoms. The van der Waals surface area contributed by atoms with Gasteiger partial charge in [0.2, 0.25) is 0 Å². The highest BCUT2D eigenvalue weighted by Crippen LogP contribution is 2.24. The first kappa shape index (κ1) is 14.2. The fraction of sp³-hybridized carbons (Fsp3) is 0. The molecule has 2 N–H and O–H groups in total. The van der Waals surface area contributed by atoms with Crippen LogP contribution in [0.5, 0.6) is 0 Å². The van der Waals surface area contributed by atoms with Gasteiger partial charge in [-0.05, 0) is 30.3 Å². The SMILES string of the molecule is O=[N+]([O-])c1ccc(-c2nc3ccc(S(=O)(=O)O)cc3[nH]2)cc1. The number of hydrogen-bond acceptors (Lipinski definition) is 5. The maximum absolute atomic E-state index is 11.1. The highest BCUT2D eigenvalue weighted by Gasteiger charge is 2.13. The van der Waals surface area contributed by atoms with E-state index >= 15 is 0 Å². The van der Waals surface area contributed by atoms with Gasteiger partial charge in [-0.1, -0.05) is 0 Å². The molecule has 0 saturated carbocycles. The van der Waals surface area contributed by atoms with E-state index in [-0.39, 0.29) is 10.6 Å². The van der Waals surface area contributed by atoms with Crippen molar-refractivity contribution < 1.29 is 17.9 Å². The number of nitro groups is 1. The normalized spacial score (nSPS) is 11.7. The van der Waals surface area contributed by atoms with Crippen LogP contribution in [-0.4, -0.2) is 27.9 Å². The number of hydrogen-bond donors (Lipinski definition) is 2. The fourth-order valence-corrected chi connectivity index (χ4v) is 2.53. The van der Waals surface area contributed by atoms with Crippen LogP contribution in [0.15, 0.2) is 47.4 Å². The van der Waals surface area contributed by atoms with Crippen molar-refractivity contribution in [3.8, 4) is 11.4 Å². The summed E-state index contributed by atoms with van der Waals surface area (Å²) in [5.41, 5.74) is 1.54. The van der Waals surface area contributed by atoms with E-state index in [0.717, 1.165) is 0 Å². The van der Waals surface area contributed by atoms with Crippen LogP contribution in [0.2, 0.25) is 0 Å². The third-order valence-electron chi connectivity index (χ3n) is 3.10. The minimum Gasteiger partial charge on any atom is -0.338 e. The highest BCUT2D eigenvalue weighted by molar-refractivity contribution is 7.85. The van der Waals surface area contributed by atoms with Crippen LogP contribution in [0.3, 0.4) is 0 Å². The van der Waals surface area contributed by atoms with E-state index in [1.54, 1.807) is 12.1 Å². The summed E-state index contributed by atoms with van der Waals surface area (Å²) in [7, 11) is -4.29. The van der Waals surface area contributed by atoms with E-state index in [2.05, 4.69) is 9.97 Å².